The molecule has 0 saturated carbocycles. The number of hydrogen-bond acceptors (Lipinski definition) is 3. The Balaban J connectivity index is 2.04. The summed E-state index contributed by atoms with van der Waals surface area (Å²) in [6.07, 6.45) is 6.77. The van der Waals surface area contributed by atoms with E-state index in [9.17, 15) is 4.39 Å². The van der Waals surface area contributed by atoms with Crippen molar-refractivity contribution < 1.29 is 4.39 Å². The lowest BCUT2D eigenvalue weighted by molar-refractivity contribution is 0.625. The van der Waals surface area contributed by atoms with E-state index in [0.717, 1.165) is 5.69 Å². The lowest BCUT2D eigenvalue weighted by atomic mass is 10.2. The second-order valence-corrected chi connectivity index (χ2v) is 3.90. The first-order valence-electron chi connectivity index (χ1n) is 5.52. The van der Waals surface area contributed by atoms with Crippen LogP contribution in [0, 0.1) is 17.1 Å². The highest BCUT2D eigenvalue weighted by atomic mass is 19.1. The van der Waals surface area contributed by atoms with Crippen molar-refractivity contribution in [2.75, 3.05) is 0 Å². The lowest BCUT2D eigenvalue weighted by Gasteiger charge is -2.02. The molecule has 3 aromatic rings. The zero-order chi connectivity index (χ0) is 13.2. The second-order valence-electron chi connectivity index (χ2n) is 3.90. The van der Waals surface area contributed by atoms with Gasteiger partial charge >= 0.3 is 0 Å². The first kappa shape index (κ1) is 11.2. The predicted octanol–water partition coefficient (Wildman–Crippen LogP) is 2.07. The van der Waals surface area contributed by atoms with Crippen LogP contribution in [0.1, 0.15) is 5.56 Å². The summed E-state index contributed by atoms with van der Waals surface area (Å²) in [6.45, 7) is 0. The maximum absolute atomic E-state index is 13.4. The average molecular weight is 253 g/mol. The van der Waals surface area contributed by atoms with E-state index in [1.807, 2.05) is 6.07 Å². The van der Waals surface area contributed by atoms with Gasteiger partial charge < -0.3 is 0 Å². The van der Waals surface area contributed by atoms with Crippen LogP contribution in [-0.4, -0.2) is 19.6 Å². The van der Waals surface area contributed by atoms with Gasteiger partial charge in [0, 0.05) is 12.4 Å². The van der Waals surface area contributed by atoms with Crippen LogP contribution in [0.5, 0.6) is 0 Å². The number of aromatic nitrogens is 4. The van der Waals surface area contributed by atoms with Gasteiger partial charge in [-0.15, -0.1) is 0 Å². The fourth-order valence-electron chi connectivity index (χ4n) is 1.77. The standard InChI is InChI=1S/C13H8FN5/c14-11-4-10(7-15)5-12(6-11)19-9-13(8-17-19)18-3-1-2-16-18/h1-6,8-9H. The SMILES string of the molecule is N#Cc1cc(F)cc(-n2cc(-n3cccn3)cn2)c1. The average Bonchev–Trinajstić information content (AvgIpc) is 3.08. The Bertz CT molecular complexity index is 752. The quantitative estimate of drug-likeness (QED) is 0.702. The summed E-state index contributed by atoms with van der Waals surface area (Å²) in [5, 5.41) is 17.0. The van der Waals surface area contributed by atoms with Gasteiger partial charge in [-0.25, -0.2) is 13.8 Å². The molecule has 0 bridgehead atoms. The van der Waals surface area contributed by atoms with Crippen molar-refractivity contribution in [3.8, 4) is 17.4 Å². The van der Waals surface area contributed by atoms with Gasteiger partial charge in [0.1, 0.15) is 11.5 Å². The zero-order valence-corrected chi connectivity index (χ0v) is 9.73. The molecule has 0 aliphatic rings. The van der Waals surface area contributed by atoms with Crippen molar-refractivity contribution >= 4 is 0 Å². The van der Waals surface area contributed by atoms with Crippen LogP contribution in [0.2, 0.25) is 0 Å². The Morgan fingerprint density at radius 1 is 1.11 bits per heavy atom. The maximum atomic E-state index is 13.4. The number of nitriles is 1. The van der Waals surface area contributed by atoms with E-state index in [1.165, 1.54) is 16.8 Å². The minimum atomic E-state index is -0.467. The summed E-state index contributed by atoms with van der Waals surface area (Å²) in [4.78, 5) is 0. The van der Waals surface area contributed by atoms with E-state index < -0.39 is 5.82 Å². The highest BCUT2D eigenvalue weighted by Crippen LogP contribution is 2.14. The smallest absolute Gasteiger partial charge is 0.126 e. The Morgan fingerprint density at radius 3 is 2.74 bits per heavy atom. The molecule has 0 amide bonds. The Labute approximate surface area is 108 Å². The molecule has 0 N–H and O–H groups in total. The molecule has 2 aromatic heterocycles. The molecule has 92 valence electrons. The minimum absolute atomic E-state index is 0.256. The van der Waals surface area contributed by atoms with E-state index >= 15 is 0 Å². The zero-order valence-electron chi connectivity index (χ0n) is 9.73. The number of halogens is 1. The summed E-state index contributed by atoms with van der Waals surface area (Å²) < 4.78 is 16.5. The first-order valence-corrected chi connectivity index (χ1v) is 5.52. The second kappa shape index (κ2) is 4.38. The van der Waals surface area contributed by atoms with Crippen LogP contribution in [0.15, 0.2) is 49.1 Å². The van der Waals surface area contributed by atoms with Gasteiger partial charge in [-0.2, -0.15) is 15.5 Å². The van der Waals surface area contributed by atoms with Gasteiger partial charge in [0.15, 0.2) is 0 Å². The molecule has 0 unspecified atom stereocenters. The molecule has 2 heterocycles. The highest BCUT2D eigenvalue weighted by Gasteiger charge is 2.06. The largest absolute Gasteiger partial charge is 0.239 e. The van der Waals surface area contributed by atoms with Gasteiger partial charge in [-0.1, -0.05) is 0 Å². The van der Waals surface area contributed by atoms with Crippen LogP contribution in [0.4, 0.5) is 4.39 Å². The predicted molar refractivity (Wildman–Crippen MR) is 65.4 cm³/mol. The van der Waals surface area contributed by atoms with E-state index in [-0.39, 0.29) is 5.56 Å². The molecular formula is C13H8FN5. The minimum Gasteiger partial charge on any atom is -0.239 e. The summed E-state index contributed by atoms with van der Waals surface area (Å²) in [5.41, 5.74) is 1.51. The third kappa shape index (κ3) is 2.09. The number of rotatable bonds is 2. The van der Waals surface area contributed by atoms with Crippen molar-refractivity contribution in [3.63, 3.8) is 0 Å². The summed E-state index contributed by atoms with van der Waals surface area (Å²) in [7, 11) is 0. The molecule has 1 aromatic carbocycles. The molecule has 5 nitrogen and oxygen atoms in total. The Morgan fingerprint density at radius 2 is 2.00 bits per heavy atom. The lowest BCUT2D eigenvalue weighted by Crippen LogP contribution is -1.96. The summed E-state index contributed by atoms with van der Waals surface area (Å²) >= 11 is 0. The van der Waals surface area contributed by atoms with Crippen molar-refractivity contribution in [2.24, 2.45) is 0 Å². The third-order valence-corrected chi connectivity index (χ3v) is 2.61. The normalized spacial score (nSPS) is 10.3. The van der Waals surface area contributed by atoms with Gasteiger partial charge in [0.25, 0.3) is 0 Å². The van der Waals surface area contributed by atoms with Crippen LogP contribution in [0.25, 0.3) is 11.4 Å². The Hall–Kier alpha value is -2.94. The van der Waals surface area contributed by atoms with E-state index in [1.54, 1.807) is 41.6 Å². The van der Waals surface area contributed by atoms with Gasteiger partial charge in [0.2, 0.25) is 0 Å². The topological polar surface area (TPSA) is 59.4 Å². The Kier molecular flexibility index (Phi) is 2.58. The molecule has 0 aliphatic heterocycles. The number of hydrogen-bond donors (Lipinski definition) is 0. The van der Waals surface area contributed by atoms with E-state index in [4.69, 9.17) is 5.26 Å². The van der Waals surface area contributed by atoms with Crippen LogP contribution >= 0.6 is 0 Å². The van der Waals surface area contributed by atoms with Crippen molar-refractivity contribution in [2.45, 2.75) is 0 Å². The summed E-state index contributed by atoms with van der Waals surface area (Å²) in [6, 6.07) is 7.79. The van der Waals surface area contributed by atoms with Crippen molar-refractivity contribution in [1.29, 1.82) is 5.26 Å². The molecule has 0 saturated heterocycles. The van der Waals surface area contributed by atoms with Crippen LogP contribution in [0.3, 0.4) is 0 Å². The molecular weight excluding hydrogens is 245 g/mol. The molecule has 0 spiro atoms. The molecule has 0 atom stereocenters. The van der Waals surface area contributed by atoms with E-state index in [2.05, 4.69) is 10.2 Å². The molecule has 0 fully saturated rings. The molecule has 19 heavy (non-hydrogen) atoms. The van der Waals surface area contributed by atoms with Crippen LogP contribution < -0.4 is 0 Å². The van der Waals surface area contributed by atoms with E-state index in [0.29, 0.717) is 5.69 Å². The van der Waals surface area contributed by atoms with Gasteiger partial charge in [0.05, 0.1) is 29.7 Å². The fraction of sp³-hybridized carbons (Fsp3) is 0. The fourth-order valence-corrected chi connectivity index (χ4v) is 1.77. The highest BCUT2D eigenvalue weighted by molar-refractivity contribution is 5.42. The first-order chi connectivity index (χ1) is 9.26. The maximum Gasteiger partial charge on any atom is 0.126 e. The van der Waals surface area contributed by atoms with Crippen LogP contribution in [-0.2, 0) is 0 Å². The third-order valence-electron chi connectivity index (χ3n) is 2.61. The molecule has 0 aliphatic carbocycles. The number of nitrogens with zero attached hydrogens (tertiary/aromatic N) is 5. The summed E-state index contributed by atoms with van der Waals surface area (Å²) in [5.74, 6) is -0.467. The van der Waals surface area contributed by atoms with Crippen molar-refractivity contribution in [3.05, 3.63) is 60.4 Å². The molecule has 6 heteroatoms. The monoisotopic (exact) mass is 253 g/mol. The van der Waals surface area contributed by atoms with Gasteiger partial charge in [-0.3, -0.25) is 0 Å². The number of benzene rings is 1. The molecule has 0 radical (unpaired) electrons. The van der Waals surface area contributed by atoms with Crippen molar-refractivity contribution in [1.82, 2.24) is 19.6 Å². The van der Waals surface area contributed by atoms with Gasteiger partial charge in [-0.05, 0) is 24.3 Å². The molecule has 3 rings (SSSR count).